The fraction of sp³-hybridized carbons (Fsp3) is 0.500. The third-order valence-electron chi connectivity index (χ3n) is 3.66. The molecule has 1 aliphatic heterocycles. The number of benzene rings is 1. The molecular formula is C14H20FN3O. The summed E-state index contributed by atoms with van der Waals surface area (Å²) in [6.45, 7) is 1.46. The third kappa shape index (κ3) is 3.04. The van der Waals surface area contributed by atoms with Gasteiger partial charge in [0.05, 0.1) is 5.56 Å². The molecule has 104 valence electrons. The van der Waals surface area contributed by atoms with E-state index in [1.54, 1.807) is 6.07 Å². The zero-order valence-electron chi connectivity index (χ0n) is 10.9. The van der Waals surface area contributed by atoms with Crippen LogP contribution in [0.15, 0.2) is 18.2 Å². The third-order valence-corrected chi connectivity index (χ3v) is 3.66. The van der Waals surface area contributed by atoms with Crippen molar-refractivity contribution < 1.29 is 9.18 Å². The number of nitrogens with zero attached hydrogens (tertiary/aromatic N) is 1. The molecule has 0 aliphatic carbocycles. The van der Waals surface area contributed by atoms with Gasteiger partial charge in [0.25, 0.3) is 5.91 Å². The lowest BCUT2D eigenvalue weighted by molar-refractivity contribution is 0.1000. The van der Waals surface area contributed by atoms with Crippen LogP contribution in [0.4, 0.5) is 10.1 Å². The summed E-state index contributed by atoms with van der Waals surface area (Å²) in [5.41, 5.74) is 12.0. The fourth-order valence-corrected chi connectivity index (χ4v) is 2.77. The molecule has 1 saturated heterocycles. The zero-order chi connectivity index (χ0) is 13.8. The molecule has 4 nitrogen and oxygen atoms in total. The average molecular weight is 265 g/mol. The maximum atomic E-state index is 13.3. The standard InChI is InChI=1S/C14H20FN3O/c15-10-4-5-13(12(9-10)14(17)19)18-8-2-1-3-11(18)6-7-16/h4-5,9,11H,1-3,6-8,16H2,(H2,17,19). The number of nitrogens with two attached hydrogens (primary N) is 2. The van der Waals surface area contributed by atoms with Crippen LogP contribution in [0.1, 0.15) is 36.0 Å². The molecule has 0 radical (unpaired) electrons. The Kier molecular flexibility index (Phi) is 4.37. The van der Waals surface area contributed by atoms with Crippen LogP contribution in [0.2, 0.25) is 0 Å². The fourth-order valence-electron chi connectivity index (χ4n) is 2.77. The number of carbonyl (C=O) groups is 1. The smallest absolute Gasteiger partial charge is 0.250 e. The Morgan fingerprint density at radius 3 is 2.89 bits per heavy atom. The first-order valence-electron chi connectivity index (χ1n) is 6.69. The van der Waals surface area contributed by atoms with Crippen molar-refractivity contribution in [3.05, 3.63) is 29.6 Å². The lowest BCUT2D eigenvalue weighted by atomic mass is 9.97. The quantitative estimate of drug-likeness (QED) is 0.869. The van der Waals surface area contributed by atoms with E-state index in [1.807, 2.05) is 0 Å². The number of amides is 1. The molecule has 1 unspecified atom stereocenters. The number of primary amides is 1. The normalized spacial score (nSPS) is 19.5. The molecule has 1 atom stereocenters. The zero-order valence-corrected chi connectivity index (χ0v) is 10.9. The second-order valence-corrected chi connectivity index (χ2v) is 4.95. The number of carbonyl (C=O) groups excluding carboxylic acids is 1. The van der Waals surface area contributed by atoms with Gasteiger partial charge in [-0.05, 0) is 50.4 Å². The Morgan fingerprint density at radius 1 is 1.42 bits per heavy atom. The molecule has 4 N–H and O–H groups in total. The Labute approximate surface area is 112 Å². The molecule has 1 aromatic carbocycles. The second kappa shape index (κ2) is 6.02. The minimum absolute atomic E-state index is 0.254. The van der Waals surface area contributed by atoms with Gasteiger partial charge in [0, 0.05) is 18.3 Å². The summed E-state index contributed by atoms with van der Waals surface area (Å²) in [7, 11) is 0. The van der Waals surface area contributed by atoms with Crippen molar-refractivity contribution in [3.8, 4) is 0 Å². The van der Waals surface area contributed by atoms with Gasteiger partial charge in [-0.2, -0.15) is 0 Å². The van der Waals surface area contributed by atoms with Crippen molar-refractivity contribution in [2.45, 2.75) is 31.7 Å². The SMILES string of the molecule is NCCC1CCCCN1c1ccc(F)cc1C(N)=O. The monoisotopic (exact) mass is 265 g/mol. The highest BCUT2D eigenvalue weighted by Crippen LogP contribution is 2.29. The molecule has 0 bridgehead atoms. The van der Waals surface area contributed by atoms with Crippen LogP contribution in [-0.2, 0) is 0 Å². The lowest BCUT2D eigenvalue weighted by Gasteiger charge is -2.38. The average Bonchev–Trinajstić information content (AvgIpc) is 2.40. The highest BCUT2D eigenvalue weighted by Gasteiger charge is 2.25. The van der Waals surface area contributed by atoms with Crippen LogP contribution in [0, 0.1) is 5.82 Å². The summed E-state index contributed by atoms with van der Waals surface area (Å²) < 4.78 is 13.3. The Hall–Kier alpha value is -1.62. The summed E-state index contributed by atoms with van der Waals surface area (Å²) in [6, 6.07) is 4.54. The molecule has 0 saturated carbocycles. The van der Waals surface area contributed by atoms with Crippen LogP contribution in [-0.4, -0.2) is 25.0 Å². The van der Waals surface area contributed by atoms with Gasteiger partial charge in [-0.3, -0.25) is 4.79 Å². The number of hydrogen-bond acceptors (Lipinski definition) is 3. The van der Waals surface area contributed by atoms with Crippen LogP contribution in [0.5, 0.6) is 0 Å². The van der Waals surface area contributed by atoms with Crippen molar-refractivity contribution in [1.82, 2.24) is 0 Å². The van der Waals surface area contributed by atoms with E-state index >= 15 is 0 Å². The van der Waals surface area contributed by atoms with Gasteiger partial charge in [-0.25, -0.2) is 4.39 Å². The topological polar surface area (TPSA) is 72.3 Å². The van der Waals surface area contributed by atoms with Crippen LogP contribution in [0.25, 0.3) is 0 Å². The van der Waals surface area contributed by atoms with E-state index in [4.69, 9.17) is 11.5 Å². The molecule has 5 heteroatoms. The molecular weight excluding hydrogens is 245 g/mol. The molecule has 1 amide bonds. The number of anilines is 1. The van der Waals surface area contributed by atoms with E-state index in [2.05, 4.69) is 4.90 Å². The van der Waals surface area contributed by atoms with Crippen LogP contribution in [0.3, 0.4) is 0 Å². The van der Waals surface area contributed by atoms with Gasteiger partial charge in [0.1, 0.15) is 5.82 Å². The van der Waals surface area contributed by atoms with Crippen LogP contribution >= 0.6 is 0 Å². The molecule has 1 aliphatic rings. The van der Waals surface area contributed by atoms with E-state index in [0.717, 1.165) is 37.9 Å². The van der Waals surface area contributed by atoms with E-state index in [1.165, 1.54) is 12.1 Å². The largest absolute Gasteiger partial charge is 0.368 e. The van der Waals surface area contributed by atoms with E-state index in [-0.39, 0.29) is 5.56 Å². The molecule has 19 heavy (non-hydrogen) atoms. The number of rotatable bonds is 4. The summed E-state index contributed by atoms with van der Waals surface area (Å²) in [4.78, 5) is 13.6. The van der Waals surface area contributed by atoms with E-state index < -0.39 is 11.7 Å². The maximum Gasteiger partial charge on any atom is 0.250 e. The predicted octanol–water partition coefficient (Wildman–Crippen LogP) is 1.63. The van der Waals surface area contributed by atoms with Crippen molar-refractivity contribution in [2.24, 2.45) is 11.5 Å². The van der Waals surface area contributed by atoms with Gasteiger partial charge in [0.2, 0.25) is 0 Å². The summed E-state index contributed by atoms with van der Waals surface area (Å²) in [5.74, 6) is -1.03. The first-order chi connectivity index (χ1) is 9.13. The van der Waals surface area contributed by atoms with E-state index in [0.29, 0.717) is 12.6 Å². The molecule has 0 spiro atoms. The minimum atomic E-state index is -0.591. The molecule has 1 aromatic rings. The number of piperidine rings is 1. The van der Waals surface area contributed by atoms with Gasteiger partial charge >= 0.3 is 0 Å². The minimum Gasteiger partial charge on any atom is -0.368 e. The van der Waals surface area contributed by atoms with Gasteiger partial charge < -0.3 is 16.4 Å². The number of halogens is 1. The van der Waals surface area contributed by atoms with Crippen molar-refractivity contribution in [1.29, 1.82) is 0 Å². The predicted molar refractivity (Wildman–Crippen MR) is 73.6 cm³/mol. The van der Waals surface area contributed by atoms with E-state index in [9.17, 15) is 9.18 Å². The summed E-state index contributed by atoms with van der Waals surface area (Å²) in [6.07, 6.45) is 4.15. The molecule has 1 fully saturated rings. The number of hydrogen-bond donors (Lipinski definition) is 2. The van der Waals surface area contributed by atoms with Crippen molar-refractivity contribution in [3.63, 3.8) is 0 Å². The lowest BCUT2D eigenvalue weighted by Crippen LogP contribution is -2.41. The maximum absolute atomic E-state index is 13.3. The van der Waals surface area contributed by atoms with Crippen molar-refractivity contribution >= 4 is 11.6 Å². The van der Waals surface area contributed by atoms with Crippen molar-refractivity contribution in [2.75, 3.05) is 18.0 Å². The summed E-state index contributed by atoms with van der Waals surface area (Å²) >= 11 is 0. The van der Waals surface area contributed by atoms with Gasteiger partial charge in [-0.15, -0.1) is 0 Å². The molecule has 1 heterocycles. The molecule has 2 rings (SSSR count). The summed E-state index contributed by atoms with van der Waals surface area (Å²) in [5, 5.41) is 0. The Morgan fingerprint density at radius 2 is 2.21 bits per heavy atom. The first kappa shape index (κ1) is 13.8. The molecule has 0 aromatic heterocycles. The highest BCUT2D eigenvalue weighted by molar-refractivity contribution is 5.98. The van der Waals surface area contributed by atoms with Gasteiger partial charge in [0.15, 0.2) is 0 Å². The van der Waals surface area contributed by atoms with Crippen LogP contribution < -0.4 is 16.4 Å². The second-order valence-electron chi connectivity index (χ2n) is 4.95. The van der Waals surface area contributed by atoms with Gasteiger partial charge in [-0.1, -0.05) is 0 Å². The highest BCUT2D eigenvalue weighted by atomic mass is 19.1. The Bertz CT molecular complexity index is 462. The Balaban J connectivity index is 2.35. The first-order valence-corrected chi connectivity index (χ1v) is 6.69.